The number of hydrogen-bond acceptors (Lipinski definition) is 7. The number of pyridine rings is 1. The first-order valence-corrected chi connectivity index (χ1v) is 10.3. The van der Waals surface area contributed by atoms with Crippen LogP contribution in [0.4, 0.5) is 5.82 Å². The lowest BCUT2D eigenvalue weighted by molar-refractivity contribution is 0.382. The minimum absolute atomic E-state index is 0.359. The van der Waals surface area contributed by atoms with Crippen LogP contribution in [0.3, 0.4) is 0 Å². The van der Waals surface area contributed by atoms with Crippen molar-refractivity contribution in [1.29, 1.82) is 0 Å². The topological polar surface area (TPSA) is 105 Å². The van der Waals surface area contributed by atoms with E-state index in [2.05, 4.69) is 31.6 Å². The highest BCUT2D eigenvalue weighted by molar-refractivity contribution is 6.03. The minimum atomic E-state index is 0.359. The third-order valence-electron chi connectivity index (χ3n) is 6.31. The maximum absolute atomic E-state index is 6.38. The summed E-state index contributed by atoms with van der Waals surface area (Å²) in [6.07, 6.45) is 7.52. The molecule has 0 bridgehead atoms. The highest BCUT2D eigenvalue weighted by atomic mass is 16.5. The van der Waals surface area contributed by atoms with Gasteiger partial charge >= 0.3 is 0 Å². The molecule has 1 saturated carbocycles. The Bertz CT molecular complexity index is 1270. The lowest BCUT2D eigenvalue weighted by atomic mass is 9.94. The average Bonchev–Trinajstić information content (AvgIpc) is 3.45. The quantitative estimate of drug-likeness (QED) is 0.552. The number of nitrogens with two attached hydrogens (primary N) is 1. The van der Waals surface area contributed by atoms with E-state index in [4.69, 9.17) is 15.0 Å². The van der Waals surface area contributed by atoms with Gasteiger partial charge in [0.05, 0.1) is 24.4 Å². The van der Waals surface area contributed by atoms with Crippen LogP contribution in [0.1, 0.15) is 55.0 Å². The Morgan fingerprint density at radius 3 is 2.77 bits per heavy atom. The lowest BCUT2D eigenvalue weighted by Gasteiger charge is -2.12. The Hall–Kier alpha value is -3.42. The van der Waals surface area contributed by atoms with Crippen LogP contribution in [0, 0.1) is 0 Å². The molecule has 1 atom stereocenters. The molecule has 0 aliphatic heterocycles. The summed E-state index contributed by atoms with van der Waals surface area (Å²) in [6, 6.07) is 3.83. The van der Waals surface area contributed by atoms with Gasteiger partial charge in [0.25, 0.3) is 0 Å². The smallest absolute Gasteiger partial charge is 0.213 e. The number of nitrogens with zero attached hydrogens (tertiary/aromatic N) is 5. The average molecular weight is 402 g/mol. The van der Waals surface area contributed by atoms with E-state index in [0.717, 1.165) is 52.3 Å². The van der Waals surface area contributed by atoms with Gasteiger partial charge in [-0.1, -0.05) is 12.1 Å². The largest absolute Gasteiger partial charge is 0.481 e. The van der Waals surface area contributed by atoms with Crippen LogP contribution in [0.2, 0.25) is 0 Å². The predicted molar refractivity (Wildman–Crippen MR) is 112 cm³/mol. The van der Waals surface area contributed by atoms with Crippen molar-refractivity contribution in [3.05, 3.63) is 41.7 Å². The Kier molecular flexibility index (Phi) is 3.65. The molecule has 2 aliphatic carbocycles. The van der Waals surface area contributed by atoms with E-state index in [-0.39, 0.29) is 0 Å². The van der Waals surface area contributed by atoms with Crippen molar-refractivity contribution in [1.82, 2.24) is 24.7 Å². The highest BCUT2D eigenvalue weighted by Gasteiger charge is 2.38. The fourth-order valence-electron chi connectivity index (χ4n) is 4.68. The second-order valence-electron chi connectivity index (χ2n) is 8.20. The molecule has 6 rings (SSSR count). The summed E-state index contributed by atoms with van der Waals surface area (Å²) in [5.74, 6) is 2.92. The molecule has 152 valence electrons. The van der Waals surface area contributed by atoms with Crippen molar-refractivity contribution in [3.8, 4) is 22.8 Å². The molecule has 2 aliphatic rings. The van der Waals surface area contributed by atoms with Crippen LogP contribution in [0.15, 0.2) is 29.2 Å². The van der Waals surface area contributed by atoms with E-state index in [0.29, 0.717) is 23.5 Å². The molecule has 8 heteroatoms. The van der Waals surface area contributed by atoms with E-state index >= 15 is 0 Å². The van der Waals surface area contributed by atoms with Crippen molar-refractivity contribution in [3.63, 3.8) is 0 Å². The zero-order valence-corrected chi connectivity index (χ0v) is 16.9. The number of fused-ring (bicyclic) bond motifs is 5. The van der Waals surface area contributed by atoms with Crippen LogP contribution in [0.25, 0.3) is 28.0 Å². The molecule has 2 N–H and O–H groups in total. The number of hydrogen-bond donors (Lipinski definition) is 1. The number of nitrogen functional groups attached to an aromatic ring is 1. The van der Waals surface area contributed by atoms with Crippen molar-refractivity contribution in [2.45, 2.75) is 44.4 Å². The first kappa shape index (κ1) is 17.4. The van der Waals surface area contributed by atoms with Crippen LogP contribution < -0.4 is 10.5 Å². The van der Waals surface area contributed by atoms with Crippen molar-refractivity contribution < 1.29 is 9.26 Å². The molecule has 4 heterocycles. The molecule has 0 saturated heterocycles. The van der Waals surface area contributed by atoms with Crippen molar-refractivity contribution >= 4 is 16.9 Å². The van der Waals surface area contributed by atoms with Gasteiger partial charge in [-0.3, -0.25) is 4.57 Å². The summed E-state index contributed by atoms with van der Waals surface area (Å²) in [7, 11) is 1.61. The number of aromatic nitrogens is 5. The molecule has 0 spiro atoms. The van der Waals surface area contributed by atoms with Gasteiger partial charge in [-0.15, -0.1) is 0 Å². The van der Waals surface area contributed by atoms with Gasteiger partial charge in [-0.25, -0.2) is 15.0 Å². The standard InChI is InChI=1S/C22H22N6O2/c1-11-3-7-14-17(19-16(11)20(30-27-19)12-4-5-12)18-21(23)25-10-26-22(18)28(14)13-6-8-15(29-2)24-9-13/h6,8-12H,3-5,7H2,1-2H3,(H2,23,25,26). The fourth-order valence-corrected chi connectivity index (χ4v) is 4.68. The Balaban J connectivity index is 1.68. The molecular weight excluding hydrogens is 380 g/mol. The molecule has 0 amide bonds. The molecule has 4 aromatic rings. The van der Waals surface area contributed by atoms with Crippen LogP contribution in [-0.4, -0.2) is 31.8 Å². The van der Waals surface area contributed by atoms with E-state index in [1.165, 1.54) is 24.7 Å². The van der Waals surface area contributed by atoms with Crippen molar-refractivity contribution in [2.75, 3.05) is 12.8 Å². The fraction of sp³-hybridized carbons (Fsp3) is 0.364. The summed E-state index contributed by atoms with van der Waals surface area (Å²) in [6.45, 7) is 2.26. The van der Waals surface area contributed by atoms with Crippen molar-refractivity contribution in [2.24, 2.45) is 0 Å². The molecule has 4 aromatic heterocycles. The maximum atomic E-state index is 6.38. The number of methoxy groups -OCH3 is 1. The van der Waals surface area contributed by atoms with Gasteiger partial charge in [0.15, 0.2) is 5.65 Å². The summed E-state index contributed by atoms with van der Waals surface area (Å²) in [5.41, 5.74) is 12.3. The van der Waals surface area contributed by atoms with E-state index in [1.807, 2.05) is 12.1 Å². The second kappa shape index (κ2) is 6.29. The van der Waals surface area contributed by atoms with Gasteiger partial charge in [0.2, 0.25) is 5.88 Å². The number of rotatable bonds is 3. The van der Waals surface area contributed by atoms with Gasteiger partial charge in [0.1, 0.15) is 23.6 Å². The molecule has 1 unspecified atom stereocenters. The molecule has 0 aromatic carbocycles. The molecule has 0 radical (unpaired) electrons. The monoisotopic (exact) mass is 402 g/mol. The molecule has 8 nitrogen and oxygen atoms in total. The van der Waals surface area contributed by atoms with E-state index in [1.54, 1.807) is 13.3 Å². The first-order chi connectivity index (χ1) is 14.7. The number of ether oxygens (including phenoxy) is 1. The second-order valence-corrected chi connectivity index (χ2v) is 8.20. The summed E-state index contributed by atoms with van der Waals surface area (Å²) < 4.78 is 13.2. The molecular formula is C22H22N6O2. The first-order valence-electron chi connectivity index (χ1n) is 10.3. The molecule has 30 heavy (non-hydrogen) atoms. The van der Waals surface area contributed by atoms with Crippen LogP contribution >= 0.6 is 0 Å². The third kappa shape index (κ3) is 2.39. The summed E-state index contributed by atoms with van der Waals surface area (Å²) >= 11 is 0. The van der Waals surface area contributed by atoms with E-state index < -0.39 is 0 Å². The predicted octanol–water partition coefficient (Wildman–Crippen LogP) is 3.99. The third-order valence-corrected chi connectivity index (χ3v) is 6.31. The zero-order chi connectivity index (χ0) is 20.4. The number of anilines is 1. The van der Waals surface area contributed by atoms with Crippen LogP contribution in [0.5, 0.6) is 5.88 Å². The SMILES string of the molecule is COc1ccc(-n2c3c(c4c(N)ncnc42)-c2noc(C4CC4)c2C(C)CC3)cn1. The van der Waals surface area contributed by atoms with Gasteiger partial charge < -0.3 is 15.0 Å². The van der Waals surface area contributed by atoms with Gasteiger partial charge in [-0.05, 0) is 37.7 Å². The normalized spacial score (nSPS) is 18.1. The van der Waals surface area contributed by atoms with Crippen LogP contribution in [-0.2, 0) is 6.42 Å². The Labute approximate surface area is 173 Å². The maximum Gasteiger partial charge on any atom is 0.213 e. The van der Waals surface area contributed by atoms with E-state index in [9.17, 15) is 0 Å². The Morgan fingerprint density at radius 1 is 1.17 bits per heavy atom. The summed E-state index contributed by atoms with van der Waals surface area (Å²) in [4.78, 5) is 13.3. The Morgan fingerprint density at radius 2 is 2.03 bits per heavy atom. The molecule has 1 fully saturated rings. The van der Waals surface area contributed by atoms with Gasteiger partial charge in [0, 0.05) is 28.8 Å². The zero-order valence-electron chi connectivity index (χ0n) is 16.9. The summed E-state index contributed by atoms with van der Waals surface area (Å²) in [5, 5.41) is 5.39. The van der Waals surface area contributed by atoms with Gasteiger partial charge in [-0.2, -0.15) is 0 Å². The minimum Gasteiger partial charge on any atom is -0.481 e. The lowest BCUT2D eigenvalue weighted by Crippen LogP contribution is -2.04. The highest BCUT2D eigenvalue weighted by Crippen LogP contribution is 2.50.